The van der Waals surface area contributed by atoms with E-state index < -0.39 is 6.36 Å². The van der Waals surface area contributed by atoms with Crippen LogP contribution in [0.1, 0.15) is 38.7 Å². The molecule has 118 valence electrons. The van der Waals surface area contributed by atoms with Crippen LogP contribution in [0.3, 0.4) is 0 Å². The van der Waals surface area contributed by atoms with E-state index in [0.29, 0.717) is 24.1 Å². The Hall–Kier alpha value is -1.23. The SMILES string of the molecule is CC1CCC(NCc2ccccc2OC(F)(F)F)C(C)C1. The van der Waals surface area contributed by atoms with E-state index >= 15 is 0 Å². The second-order valence-corrected chi connectivity index (χ2v) is 6.04. The quantitative estimate of drug-likeness (QED) is 0.884. The molecule has 0 aliphatic heterocycles. The summed E-state index contributed by atoms with van der Waals surface area (Å²) in [5, 5.41) is 3.39. The zero-order valence-electron chi connectivity index (χ0n) is 12.4. The first-order chi connectivity index (χ1) is 9.85. The largest absolute Gasteiger partial charge is 0.573 e. The van der Waals surface area contributed by atoms with Gasteiger partial charge in [0.05, 0.1) is 0 Å². The van der Waals surface area contributed by atoms with Crippen LogP contribution < -0.4 is 10.1 Å². The maximum atomic E-state index is 12.4. The van der Waals surface area contributed by atoms with Gasteiger partial charge in [-0.2, -0.15) is 0 Å². The number of nitrogens with one attached hydrogen (secondary N) is 1. The second-order valence-electron chi connectivity index (χ2n) is 6.04. The summed E-state index contributed by atoms with van der Waals surface area (Å²) in [5.74, 6) is 1.16. The molecular formula is C16H22F3NO. The van der Waals surface area contributed by atoms with E-state index in [9.17, 15) is 13.2 Å². The lowest BCUT2D eigenvalue weighted by Gasteiger charge is -2.33. The second kappa shape index (κ2) is 6.69. The first-order valence-electron chi connectivity index (χ1n) is 7.42. The van der Waals surface area contributed by atoms with Crippen molar-refractivity contribution in [2.45, 2.75) is 52.1 Å². The predicted molar refractivity (Wildman–Crippen MR) is 75.9 cm³/mol. The van der Waals surface area contributed by atoms with Gasteiger partial charge in [0.25, 0.3) is 0 Å². The molecule has 0 bridgehead atoms. The van der Waals surface area contributed by atoms with Gasteiger partial charge in [-0.25, -0.2) is 0 Å². The Labute approximate surface area is 123 Å². The molecule has 1 aliphatic carbocycles. The van der Waals surface area contributed by atoms with Gasteiger partial charge in [0, 0.05) is 18.2 Å². The van der Waals surface area contributed by atoms with Crippen molar-refractivity contribution in [3.8, 4) is 5.75 Å². The number of hydrogen-bond acceptors (Lipinski definition) is 2. The molecule has 0 saturated heterocycles. The Kier molecular flexibility index (Phi) is 5.14. The number of hydrogen-bond donors (Lipinski definition) is 1. The Morgan fingerprint density at radius 3 is 2.57 bits per heavy atom. The normalized spacial score (nSPS) is 26.6. The smallest absolute Gasteiger partial charge is 0.405 e. The molecule has 3 atom stereocenters. The molecule has 0 amide bonds. The van der Waals surface area contributed by atoms with E-state index in [-0.39, 0.29) is 5.75 Å². The standard InChI is InChI=1S/C16H22F3NO/c1-11-7-8-14(12(2)9-11)20-10-13-5-3-4-6-15(13)21-16(17,18)19/h3-6,11-12,14,20H,7-10H2,1-2H3. The minimum Gasteiger partial charge on any atom is -0.405 e. The zero-order chi connectivity index (χ0) is 15.5. The van der Waals surface area contributed by atoms with Gasteiger partial charge in [-0.3, -0.25) is 0 Å². The summed E-state index contributed by atoms with van der Waals surface area (Å²) < 4.78 is 41.2. The minimum atomic E-state index is -4.65. The van der Waals surface area contributed by atoms with E-state index in [1.54, 1.807) is 18.2 Å². The highest BCUT2D eigenvalue weighted by Gasteiger charge is 2.32. The highest BCUT2D eigenvalue weighted by atomic mass is 19.4. The Balaban J connectivity index is 1.97. The Bertz CT molecular complexity index is 461. The Morgan fingerprint density at radius 1 is 1.19 bits per heavy atom. The topological polar surface area (TPSA) is 21.3 Å². The first kappa shape index (κ1) is 16.1. The zero-order valence-corrected chi connectivity index (χ0v) is 12.4. The molecule has 2 rings (SSSR count). The highest BCUT2D eigenvalue weighted by molar-refractivity contribution is 5.33. The summed E-state index contributed by atoms with van der Waals surface area (Å²) in [6, 6.07) is 6.67. The summed E-state index contributed by atoms with van der Waals surface area (Å²) in [6.07, 6.45) is -1.24. The monoisotopic (exact) mass is 301 g/mol. The van der Waals surface area contributed by atoms with Crippen LogP contribution in [0.25, 0.3) is 0 Å². The van der Waals surface area contributed by atoms with Crippen molar-refractivity contribution >= 4 is 0 Å². The number of alkyl halides is 3. The molecule has 0 aromatic heterocycles. The fourth-order valence-electron chi connectivity index (χ4n) is 3.08. The van der Waals surface area contributed by atoms with Crippen molar-refractivity contribution in [3.05, 3.63) is 29.8 Å². The summed E-state index contributed by atoms with van der Waals surface area (Å²) in [4.78, 5) is 0. The van der Waals surface area contributed by atoms with Gasteiger partial charge in [0.15, 0.2) is 0 Å². The molecule has 1 aromatic rings. The summed E-state index contributed by atoms with van der Waals surface area (Å²) in [6.45, 7) is 4.85. The van der Waals surface area contributed by atoms with Crippen molar-refractivity contribution in [2.75, 3.05) is 0 Å². The number of benzene rings is 1. The minimum absolute atomic E-state index is 0.116. The van der Waals surface area contributed by atoms with Crippen molar-refractivity contribution < 1.29 is 17.9 Å². The van der Waals surface area contributed by atoms with E-state index in [1.165, 1.54) is 18.9 Å². The lowest BCUT2D eigenvalue weighted by molar-refractivity contribution is -0.274. The molecule has 0 spiro atoms. The number of halogens is 3. The predicted octanol–water partition coefficient (Wildman–Crippen LogP) is 4.50. The highest BCUT2D eigenvalue weighted by Crippen LogP contribution is 2.30. The third kappa shape index (κ3) is 4.92. The van der Waals surface area contributed by atoms with E-state index in [4.69, 9.17) is 0 Å². The third-order valence-electron chi connectivity index (χ3n) is 4.18. The van der Waals surface area contributed by atoms with Crippen LogP contribution in [0.15, 0.2) is 24.3 Å². The van der Waals surface area contributed by atoms with Crippen molar-refractivity contribution in [2.24, 2.45) is 11.8 Å². The van der Waals surface area contributed by atoms with Crippen LogP contribution in [0, 0.1) is 11.8 Å². The van der Waals surface area contributed by atoms with Crippen molar-refractivity contribution in [1.82, 2.24) is 5.32 Å². The van der Waals surface area contributed by atoms with E-state index in [2.05, 4.69) is 23.9 Å². The van der Waals surface area contributed by atoms with Crippen LogP contribution >= 0.6 is 0 Å². The van der Waals surface area contributed by atoms with Crippen LogP contribution in [-0.2, 0) is 6.54 Å². The van der Waals surface area contributed by atoms with Crippen LogP contribution in [-0.4, -0.2) is 12.4 Å². The molecular weight excluding hydrogens is 279 g/mol. The van der Waals surface area contributed by atoms with Gasteiger partial charge in [0.1, 0.15) is 5.75 Å². The molecule has 1 saturated carbocycles. The molecule has 1 aliphatic rings. The van der Waals surface area contributed by atoms with Crippen LogP contribution in [0.4, 0.5) is 13.2 Å². The number of rotatable bonds is 4. The molecule has 3 unspecified atom stereocenters. The summed E-state index contributed by atoms with van der Waals surface area (Å²) >= 11 is 0. The van der Waals surface area contributed by atoms with E-state index in [0.717, 1.165) is 12.3 Å². The van der Waals surface area contributed by atoms with Gasteiger partial charge >= 0.3 is 6.36 Å². The lowest BCUT2D eigenvalue weighted by atomic mass is 9.80. The molecule has 1 fully saturated rings. The van der Waals surface area contributed by atoms with Crippen molar-refractivity contribution in [3.63, 3.8) is 0 Å². The van der Waals surface area contributed by atoms with Gasteiger partial charge in [0.2, 0.25) is 0 Å². The summed E-state index contributed by atoms with van der Waals surface area (Å²) in [5.41, 5.74) is 0.542. The summed E-state index contributed by atoms with van der Waals surface area (Å²) in [7, 11) is 0. The lowest BCUT2D eigenvalue weighted by Crippen LogP contribution is -2.38. The van der Waals surface area contributed by atoms with Crippen molar-refractivity contribution in [1.29, 1.82) is 0 Å². The molecule has 1 aromatic carbocycles. The van der Waals surface area contributed by atoms with E-state index in [1.807, 2.05) is 0 Å². The molecule has 0 heterocycles. The van der Waals surface area contributed by atoms with Gasteiger partial charge < -0.3 is 10.1 Å². The first-order valence-corrected chi connectivity index (χ1v) is 7.42. The maximum Gasteiger partial charge on any atom is 0.573 e. The molecule has 21 heavy (non-hydrogen) atoms. The maximum absolute atomic E-state index is 12.4. The fourth-order valence-corrected chi connectivity index (χ4v) is 3.08. The molecule has 0 radical (unpaired) electrons. The molecule has 5 heteroatoms. The van der Waals surface area contributed by atoms with Gasteiger partial charge in [-0.15, -0.1) is 13.2 Å². The third-order valence-corrected chi connectivity index (χ3v) is 4.18. The van der Waals surface area contributed by atoms with Gasteiger partial charge in [-0.05, 0) is 37.2 Å². The average molecular weight is 301 g/mol. The molecule has 2 nitrogen and oxygen atoms in total. The molecule has 1 N–H and O–H groups in total. The fraction of sp³-hybridized carbons (Fsp3) is 0.625. The van der Waals surface area contributed by atoms with Crippen LogP contribution in [0.2, 0.25) is 0 Å². The van der Waals surface area contributed by atoms with Crippen LogP contribution in [0.5, 0.6) is 5.75 Å². The number of ether oxygens (including phenoxy) is 1. The number of para-hydroxylation sites is 1. The Morgan fingerprint density at radius 2 is 1.90 bits per heavy atom. The van der Waals surface area contributed by atoms with Gasteiger partial charge in [-0.1, -0.05) is 32.0 Å². The average Bonchev–Trinajstić information content (AvgIpc) is 2.37.